The fraction of sp³-hybridized carbons (Fsp3) is 0.318. The van der Waals surface area contributed by atoms with Crippen LogP contribution in [0.3, 0.4) is 0 Å². The van der Waals surface area contributed by atoms with Crippen LogP contribution < -0.4 is 4.74 Å². The van der Waals surface area contributed by atoms with E-state index in [-0.39, 0.29) is 5.78 Å². The molecule has 0 atom stereocenters. The highest BCUT2D eigenvalue weighted by Gasteiger charge is 2.15. The van der Waals surface area contributed by atoms with Gasteiger partial charge in [-0.1, -0.05) is 12.1 Å². The molecule has 0 aliphatic carbocycles. The Kier molecular flexibility index (Phi) is 6.07. The number of carbonyl (C=O) groups excluding carboxylic acids is 1. The number of ketones is 1. The van der Waals surface area contributed by atoms with Crippen molar-refractivity contribution in [3.05, 3.63) is 68.2 Å². The number of carbonyl (C=O) groups is 1. The van der Waals surface area contributed by atoms with Crippen LogP contribution in [0.1, 0.15) is 44.3 Å². The number of methoxy groups -OCH3 is 1. The molecule has 2 aromatic heterocycles. The van der Waals surface area contributed by atoms with Crippen molar-refractivity contribution >= 4 is 27.8 Å². The summed E-state index contributed by atoms with van der Waals surface area (Å²) < 4.78 is 10.2. The van der Waals surface area contributed by atoms with Crippen molar-refractivity contribution in [2.45, 2.75) is 34.2 Å². The number of hydrogen-bond acceptors (Lipinski definition) is 4. The highest BCUT2D eigenvalue weighted by Crippen LogP contribution is 2.25. The van der Waals surface area contributed by atoms with Gasteiger partial charge in [0.05, 0.1) is 40.8 Å². The summed E-state index contributed by atoms with van der Waals surface area (Å²) in [5, 5.41) is 8.90. The van der Waals surface area contributed by atoms with Gasteiger partial charge in [0, 0.05) is 18.3 Å². The highest BCUT2D eigenvalue weighted by atomic mass is 79.9. The van der Waals surface area contributed by atoms with E-state index in [0.29, 0.717) is 12.1 Å². The molecule has 0 saturated heterocycles. The Morgan fingerprint density at radius 2 is 1.86 bits per heavy atom. The van der Waals surface area contributed by atoms with Crippen molar-refractivity contribution in [3.8, 4) is 5.75 Å². The van der Waals surface area contributed by atoms with E-state index in [1.807, 2.05) is 63.7 Å². The van der Waals surface area contributed by atoms with E-state index in [9.17, 15) is 4.79 Å². The van der Waals surface area contributed by atoms with Crippen molar-refractivity contribution in [1.29, 1.82) is 0 Å². The summed E-state index contributed by atoms with van der Waals surface area (Å²) in [6.45, 7) is 8.33. The first kappa shape index (κ1) is 21.0. The first-order chi connectivity index (χ1) is 13.7. The lowest BCUT2D eigenvalue weighted by molar-refractivity contribution is 0.104. The summed E-state index contributed by atoms with van der Waals surface area (Å²) in [7, 11) is 3.50. The van der Waals surface area contributed by atoms with Gasteiger partial charge in [-0.05, 0) is 67.4 Å². The Balaban J connectivity index is 1.89. The minimum absolute atomic E-state index is 0.0482. The first-order valence-corrected chi connectivity index (χ1v) is 10.1. The van der Waals surface area contributed by atoms with E-state index in [1.54, 1.807) is 17.9 Å². The first-order valence-electron chi connectivity index (χ1n) is 9.32. The van der Waals surface area contributed by atoms with Gasteiger partial charge in [-0.3, -0.25) is 14.2 Å². The van der Waals surface area contributed by atoms with E-state index in [2.05, 4.69) is 26.1 Å². The molecule has 0 fully saturated rings. The molecule has 3 aromatic rings. The predicted molar refractivity (Wildman–Crippen MR) is 118 cm³/mol. The van der Waals surface area contributed by atoms with Crippen molar-refractivity contribution < 1.29 is 9.53 Å². The van der Waals surface area contributed by atoms with Gasteiger partial charge in [0.25, 0.3) is 0 Å². The Bertz CT molecular complexity index is 1110. The van der Waals surface area contributed by atoms with Gasteiger partial charge in [0.15, 0.2) is 5.78 Å². The number of ether oxygens (including phenoxy) is 1. The Hall–Kier alpha value is -2.67. The van der Waals surface area contributed by atoms with Gasteiger partial charge < -0.3 is 4.74 Å². The lowest BCUT2D eigenvalue weighted by Gasteiger charge is -2.11. The summed E-state index contributed by atoms with van der Waals surface area (Å²) in [6.07, 6.45) is 3.43. The minimum Gasteiger partial charge on any atom is -0.496 e. The Morgan fingerprint density at radius 3 is 2.41 bits per heavy atom. The summed E-state index contributed by atoms with van der Waals surface area (Å²) >= 11 is 3.57. The average Bonchev–Trinajstić information content (AvgIpc) is 3.08. The van der Waals surface area contributed by atoms with Gasteiger partial charge in [-0.15, -0.1) is 0 Å². The zero-order chi connectivity index (χ0) is 21.3. The minimum atomic E-state index is -0.0482. The quantitative estimate of drug-likeness (QED) is 0.402. The van der Waals surface area contributed by atoms with Crippen LogP contribution in [-0.4, -0.2) is 32.5 Å². The largest absolute Gasteiger partial charge is 0.496 e. The molecule has 0 spiro atoms. The van der Waals surface area contributed by atoms with Crippen LogP contribution in [0.25, 0.3) is 6.08 Å². The number of benzene rings is 1. The number of rotatable bonds is 6. The van der Waals surface area contributed by atoms with E-state index in [1.165, 1.54) is 0 Å². The molecule has 29 heavy (non-hydrogen) atoms. The van der Waals surface area contributed by atoms with Crippen LogP contribution in [0.2, 0.25) is 0 Å². The molecule has 3 rings (SSSR count). The third-order valence-electron chi connectivity index (χ3n) is 5.10. The van der Waals surface area contributed by atoms with Crippen molar-refractivity contribution in [2.24, 2.45) is 7.05 Å². The molecule has 0 aliphatic heterocycles. The molecule has 152 valence electrons. The highest BCUT2D eigenvalue weighted by molar-refractivity contribution is 9.10. The Morgan fingerprint density at radius 1 is 1.14 bits per heavy atom. The van der Waals surface area contributed by atoms with Crippen LogP contribution in [-0.2, 0) is 13.6 Å². The van der Waals surface area contributed by atoms with Crippen molar-refractivity contribution in [3.63, 3.8) is 0 Å². The molecule has 0 bridgehead atoms. The monoisotopic (exact) mass is 456 g/mol. The Labute approximate surface area is 179 Å². The smallest absolute Gasteiger partial charge is 0.189 e. The number of aromatic nitrogens is 4. The molecule has 1 aromatic carbocycles. The third-order valence-corrected chi connectivity index (χ3v) is 6.25. The third kappa shape index (κ3) is 4.19. The SMILES string of the molecule is COc1ccc(/C=C/C(=O)c2c(C)nn(C)c2C)cc1Cn1nc(C)c(Br)c1C. The second kappa shape index (κ2) is 8.37. The topological polar surface area (TPSA) is 61.9 Å². The number of aryl methyl sites for hydroxylation is 3. The lowest BCUT2D eigenvalue weighted by atomic mass is 10.1. The standard InChI is InChI=1S/C22H25BrN4O2/c1-13-21(15(3)26(5)24-13)19(28)9-7-17-8-10-20(29-6)18(11-17)12-27-16(4)22(23)14(2)25-27/h7-11H,12H2,1-6H3/b9-7+. The van der Waals surface area contributed by atoms with Crippen LogP contribution in [0.5, 0.6) is 5.75 Å². The second-order valence-electron chi connectivity index (χ2n) is 7.08. The van der Waals surface area contributed by atoms with Crippen LogP contribution in [0.15, 0.2) is 28.7 Å². The molecule has 0 N–H and O–H groups in total. The molecular formula is C22H25BrN4O2. The zero-order valence-corrected chi connectivity index (χ0v) is 19.2. The normalized spacial score (nSPS) is 11.4. The average molecular weight is 457 g/mol. The zero-order valence-electron chi connectivity index (χ0n) is 17.6. The van der Waals surface area contributed by atoms with Crippen molar-refractivity contribution in [2.75, 3.05) is 7.11 Å². The van der Waals surface area contributed by atoms with Gasteiger partial charge in [-0.25, -0.2) is 0 Å². The van der Waals surface area contributed by atoms with Gasteiger partial charge in [0.1, 0.15) is 5.75 Å². The van der Waals surface area contributed by atoms with E-state index < -0.39 is 0 Å². The molecule has 2 heterocycles. The van der Waals surface area contributed by atoms with Crippen LogP contribution in [0, 0.1) is 27.7 Å². The van der Waals surface area contributed by atoms with E-state index in [4.69, 9.17) is 4.74 Å². The maximum absolute atomic E-state index is 12.7. The molecule has 0 saturated carbocycles. The number of allylic oxidation sites excluding steroid dienone is 1. The van der Waals surface area contributed by atoms with Gasteiger partial charge >= 0.3 is 0 Å². The molecule has 0 radical (unpaired) electrons. The number of hydrogen-bond donors (Lipinski definition) is 0. The fourth-order valence-electron chi connectivity index (χ4n) is 3.40. The molecule has 0 unspecified atom stereocenters. The summed E-state index contributed by atoms with van der Waals surface area (Å²) in [6, 6.07) is 5.88. The summed E-state index contributed by atoms with van der Waals surface area (Å²) in [5.74, 6) is 0.740. The van der Waals surface area contributed by atoms with Crippen LogP contribution in [0.4, 0.5) is 0 Å². The van der Waals surface area contributed by atoms with Gasteiger partial charge in [-0.2, -0.15) is 10.2 Å². The molecular weight excluding hydrogens is 432 g/mol. The number of halogens is 1. The van der Waals surface area contributed by atoms with Gasteiger partial charge in [0.2, 0.25) is 0 Å². The molecule has 6 nitrogen and oxygen atoms in total. The second-order valence-corrected chi connectivity index (χ2v) is 7.87. The van der Waals surface area contributed by atoms with Crippen molar-refractivity contribution in [1.82, 2.24) is 19.6 Å². The summed E-state index contributed by atoms with van der Waals surface area (Å²) in [4.78, 5) is 12.7. The fourth-order valence-corrected chi connectivity index (χ4v) is 3.69. The van der Waals surface area contributed by atoms with Crippen LogP contribution >= 0.6 is 15.9 Å². The summed E-state index contributed by atoms with van der Waals surface area (Å²) in [5.41, 5.74) is 6.19. The maximum atomic E-state index is 12.7. The lowest BCUT2D eigenvalue weighted by Crippen LogP contribution is -2.06. The maximum Gasteiger partial charge on any atom is 0.189 e. The molecule has 0 amide bonds. The molecule has 7 heteroatoms. The van der Waals surface area contributed by atoms with E-state index >= 15 is 0 Å². The predicted octanol–water partition coefficient (Wildman–Crippen LogP) is 4.57. The molecule has 0 aliphatic rings. The number of nitrogens with zero attached hydrogens (tertiary/aromatic N) is 4. The van der Waals surface area contributed by atoms with E-state index in [0.717, 1.165) is 44.1 Å².